The van der Waals surface area contributed by atoms with Crippen LogP contribution >= 0.6 is 0 Å². The van der Waals surface area contributed by atoms with Gasteiger partial charge < -0.3 is 4.74 Å². The summed E-state index contributed by atoms with van der Waals surface area (Å²) in [5.41, 5.74) is -0.210. The number of ether oxygens (including phenoxy) is 1. The second-order valence-electron chi connectivity index (χ2n) is 17.9. The van der Waals surface area contributed by atoms with Crippen molar-refractivity contribution >= 4 is 32.8 Å². The molecule has 0 N–H and O–H groups in total. The topological polar surface area (TPSA) is 35.9 Å². The summed E-state index contributed by atoms with van der Waals surface area (Å²) in [4.78, 5) is 4.82. The Kier molecular flexibility index (Phi) is 6.51. The average molecular weight is 938 g/mol. The van der Waals surface area contributed by atoms with E-state index in [9.17, 15) is 5.48 Å². The number of benzene rings is 9. The molecule has 71 heavy (non-hydrogen) atoms. The van der Waals surface area contributed by atoms with Gasteiger partial charge in [-0.25, -0.2) is 4.98 Å². The van der Waals surface area contributed by atoms with E-state index in [0.717, 1.165) is 27.4 Å². The molecule has 0 aliphatic heterocycles. The monoisotopic (exact) mass is 938 g/mol. The maximum atomic E-state index is 9.46. The molecule has 0 spiro atoms. The predicted molar refractivity (Wildman–Crippen MR) is 292 cm³/mol. The van der Waals surface area contributed by atoms with Gasteiger partial charge in [-0.15, -0.1) is 0 Å². The molecule has 0 saturated heterocycles. The first-order valence-corrected chi connectivity index (χ1v) is 22.6. The molecule has 5 heteroatoms. The lowest BCUT2D eigenvalue weighted by molar-refractivity contribution is -0.571. The van der Waals surface area contributed by atoms with E-state index < -0.39 is 121 Å². The van der Waals surface area contributed by atoms with Crippen LogP contribution in [0.15, 0.2) is 224 Å². The van der Waals surface area contributed by atoms with Crippen molar-refractivity contribution in [1.29, 1.82) is 0 Å². The van der Waals surface area contributed by atoms with E-state index >= 15 is 0 Å². The van der Waals surface area contributed by atoms with Gasteiger partial charge in [0.2, 0.25) is 0 Å². The first-order valence-electron chi connectivity index (χ1n) is 33.1. The van der Waals surface area contributed by atoms with Gasteiger partial charge in [-0.1, -0.05) is 166 Å². The van der Waals surface area contributed by atoms with Crippen molar-refractivity contribution in [2.24, 2.45) is 0 Å². The largest absolute Gasteiger partial charge is 0.458 e. The molecule has 0 unspecified atom stereocenters. The van der Waals surface area contributed by atoms with Crippen LogP contribution < -0.4 is 9.30 Å². The molecule has 3 heterocycles. The Balaban J connectivity index is 1.18. The summed E-state index contributed by atoms with van der Waals surface area (Å²) in [7, 11) is 0. The van der Waals surface area contributed by atoms with E-state index in [4.69, 9.17) is 33.0 Å². The molecule has 0 fully saturated rings. The lowest BCUT2D eigenvalue weighted by Gasteiger charge is -2.20. The van der Waals surface area contributed by atoms with Crippen molar-refractivity contribution < 1.29 is 38.1 Å². The van der Waals surface area contributed by atoms with Crippen LogP contribution in [-0.2, 0) is 5.41 Å². The Morgan fingerprint density at radius 2 is 1.20 bits per heavy atom. The highest BCUT2D eigenvalue weighted by Crippen LogP contribution is 2.41. The van der Waals surface area contributed by atoms with Gasteiger partial charge in [0.25, 0.3) is 6.33 Å². The molecule has 12 rings (SSSR count). The van der Waals surface area contributed by atoms with Crippen molar-refractivity contribution in [2.75, 3.05) is 0 Å². The quantitative estimate of drug-likeness (QED) is 0.107. The maximum absolute atomic E-state index is 9.46. The Labute approximate surface area is 444 Å². The van der Waals surface area contributed by atoms with Crippen LogP contribution in [0.3, 0.4) is 0 Å². The Morgan fingerprint density at radius 3 is 1.89 bits per heavy atom. The van der Waals surface area contributed by atoms with Gasteiger partial charge in [-0.3, -0.25) is 13.7 Å². The third kappa shape index (κ3) is 7.96. The van der Waals surface area contributed by atoms with Crippen molar-refractivity contribution in [3.05, 3.63) is 247 Å². The molecule has 0 bridgehead atoms. The molecule has 0 atom stereocenters. The number of aromatic nitrogens is 4. The number of hydrogen-bond acceptors (Lipinski definition) is 2. The molecule has 0 saturated carbocycles. The summed E-state index contributed by atoms with van der Waals surface area (Å²) >= 11 is 0. The van der Waals surface area contributed by atoms with E-state index in [2.05, 4.69) is 37.7 Å². The third-order valence-electron chi connectivity index (χ3n) is 12.5. The zero-order valence-corrected chi connectivity index (χ0v) is 38.4. The number of hydrogen-bond donors (Lipinski definition) is 0. The van der Waals surface area contributed by atoms with Crippen molar-refractivity contribution in [1.82, 2.24) is 14.1 Å². The van der Waals surface area contributed by atoms with Gasteiger partial charge in [0, 0.05) is 31.3 Å². The molecule has 12 aromatic rings. The summed E-state index contributed by atoms with van der Waals surface area (Å²) in [6.07, 6.45) is 5.11. The van der Waals surface area contributed by atoms with E-state index in [-0.39, 0.29) is 72.5 Å². The highest BCUT2D eigenvalue weighted by molar-refractivity contribution is 6.09. The Bertz CT molecular complexity index is 4910. The predicted octanol–water partition coefficient (Wildman–Crippen LogP) is 16.6. The van der Waals surface area contributed by atoms with Crippen LogP contribution in [0.25, 0.3) is 94.5 Å². The first-order chi connectivity index (χ1) is 43.3. The summed E-state index contributed by atoms with van der Waals surface area (Å²) in [5.74, 6) is 1.37. The minimum Gasteiger partial charge on any atom is -0.458 e. The second-order valence-corrected chi connectivity index (χ2v) is 17.9. The fourth-order valence-corrected chi connectivity index (χ4v) is 9.14. The fourth-order valence-electron chi connectivity index (χ4n) is 9.14. The molecule has 0 radical (unpaired) electrons. The van der Waals surface area contributed by atoms with Crippen LogP contribution in [0.4, 0.5) is 0 Å². The number of nitrogens with zero attached hydrogens (tertiary/aromatic N) is 4. The normalized spacial score (nSPS) is 16.3. The average Bonchev–Trinajstić information content (AvgIpc) is 1.27. The fraction of sp³-hybridized carbons (Fsp3) is 0.0909. The van der Waals surface area contributed by atoms with Crippen molar-refractivity contribution in [3.63, 3.8) is 0 Å². The highest BCUT2D eigenvalue weighted by Gasteiger charge is 2.23. The van der Waals surface area contributed by atoms with Crippen LogP contribution in [-0.4, -0.2) is 14.1 Å². The Hall–Kier alpha value is -8.80. The van der Waals surface area contributed by atoms with Crippen LogP contribution in [0.5, 0.6) is 11.5 Å². The van der Waals surface area contributed by atoms with E-state index in [0.29, 0.717) is 11.6 Å². The van der Waals surface area contributed by atoms with E-state index in [1.807, 2.05) is 48.5 Å². The van der Waals surface area contributed by atoms with Gasteiger partial charge in [-0.05, 0) is 147 Å². The number of aryl methyl sites for hydroxylation is 2. The van der Waals surface area contributed by atoms with Gasteiger partial charge in [0.15, 0.2) is 0 Å². The molecule has 5 nitrogen and oxygen atoms in total. The lowest BCUT2D eigenvalue weighted by atomic mass is 9.88. The number of para-hydroxylation sites is 1. The highest BCUT2D eigenvalue weighted by atomic mass is 16.5. The molecular weight excluding hydrogens is 865 g/mol. The first kappa shape index (κ1) is 26.3. The minimum atomic E-state index is -2.85. The number of imidazole rings is 1. The summed E-state index contributed by atoms with van der Waals surface area (Å²) in [6.45, 7) is 0.666. The maximum Gasteiger partial charge on any atom is 0.269 e. The standard InChI is InChI=1S/C66H52N4O/c1-44-19-17-20-45(2)64(44)49-31-34-60-62(39-49)68(43-69(60)65-57(47-23-11-7-12-24-47)37-50(46-21-9-6-10-22-46)38-58(65)48-25-13-8-14-26-48)52-27-18-28-53(41-52)71-54-32-33-56-55-29-15-16-30-59(55)70(61(56)42-54)63-40-51(35-36-67-63)66(3,4)5/h6-42H,1-5H3/i1D3,2D3,6D,7D,8D,9D,10D,11D,12D,13D,14D,21D,22D,23D,24D,25D,26D. The van der Waals surface area contributed by atoms with E-state index in [1.54, 1.807) is 30.5 Å². The number of fused-ring (bicyclic) bond motifs is 4. The molecule has 342 valence electrons. The summed E-state index contributed by atoms with van der Waals surface area (Å²) < 4.78 is 198. The van der Waals surface area contributed by atoms with Gasteiger partial charge in [0.1, 0.15) is 17.3 Å². The summed E-state index contributed by atoms with van der Waals surface area (Å²) in [6, 6.07) is 23.5. The SMILES string of the molecule is [2H]c1c([2H])c([2H])c(-c2cc(-c3c([2H])c([2H])c([2H])c([2H])c3[2H])c(-[n+]3[c-]n(-c4cccc(Oc5ccc6c7ccccc7n(-c7cc(C(C)(C)C)ccn7)c6c5)c4)c4cc(-c5c(C([2H])([2H])[2H])cccc5C([2H])([2H])[2H])ccc43)c(-c3c([2H])c([2H])c([2H])c([2H])c3[2H])c2)c([2H])c1[2H]. The van der Waals surface area contributed by atoms with Gasteiger partial charge in [-0.2, -0.15) is 0 Å². The smallest absolute Gasteiger partial charge is 0.269 e. The van der Waals surface area contributed by atoms with Gasteiger partial charge >= 0.3 is 0 Å². The molecule has 3 aromatic heterocycles. The number of rotatable bonds is 9. The zero-order valence-electron chi connectivity index (χ0n) is 59.4. The Morgan fingerprint density at radius 1 is 0.549 bits per heavy atom. The molecule has 0 aliphatic carbocycles. The third-order valence-corrected chi connectivity index (χ3v) is 12.5. The molecule has 9 aromatic carbocycles. The zero-order chi connectivity index (χ0) is 66.3. The molecule has 0 amide bonds. The van der Waals surface area contributed by atoms with Crippen LogP contribution in [0.1, 0.15) is 66.2 Å². The second kappa shape index (κ2) is 17.6. The van der Waals surface area contributed by atoms with E-state index in [1.165, 1.54) is 57.7 Å². The molecule has 0 aliphatic rings. The lowest BCUT2D eigenvalue weighted by Crippen LogP contribution is -2.31. The van der Waals surface area contributed by atoms with Crippen molar-refractivity contribution in [2.45, 2.75) is 39.9 Å². The molecular formula is C66H52N4O. The number of pyridine rings is 1. The van der Waals surface area contributed by atoms with Gasteiger partial charge in [0.05, 0.1) is 54.0 Å². The minimum absolute atomic E-state index is 0.0991. The van der Waals surface area contributed by atoms with Crippen molar-refractivity contribution in [3.8, 4) is 73.2 Å². The van der Waals surface area contributed by atoms with Crippen LogP contribution in [0, 0.1) is 20.0 Å². The van der Waals surface area contributed by atoms with Crippen LogP contribution in [0.2, 0.25) is 0 Å². The summed E-state index contributed by atoms with van der Waals surface area (Å²) in [5, 5.41) is 1.90.